The highest BCUT2D eigenvalue weighted by atomic mass is 16.5. The van der Waals surface area contributed by atoms with Gasteiger partial charge < -0.3 is 14.9 Å². The number of aliphatic hydroxyl groups excluding tert-OH is 2. The van der Waals surface area contributed by atoms with Gasteiger partial charge in [0, 0.05) is 11.4 Å². The second-order valence-electron chi connectivity index (χ2n) is 3.08. The van der Waals surface area contributed by atoms with E-state index in [-0.39, 0.29) is 19.2 Å². The number of aliphatic hydroxyl groups is 2. The van der Waals surface area contributed by atoms with Crippen molar-refractivity contribution in [2.24, 2.45) is 0 Å². The smallest absolute Gasteiger partial charge is 0.316 e. The molecule has 0 amide bonds. The van der Waals surface area contributed by atoms with Crippen LogP contribution in [0.2, 0.25) is 0 Å². The van der Waals surface area contributed by atoms with Crippen LogP contribution in [0.5, 0.6) is 6.01 Å². The van der Waals surface area contributed by atoms with Crippen molar-refractivity contribution < 1.29 is 14.9 Å². The first kappa shape index (κ1) is 10.9. The van der Waals surface area contributed by atoms with E-state index in [4.69, 9.17) is 14.9 Å². The van der Waals surface area contributed by atoms with E-state index < -0.39 is 6.10 Å². The molecule has 1 aromatic heterocycles. The minimum absolute atomic E-state index is 0.000602. The first-order valence-electron chi connectivity index (χ1n) is 4.36. The number of rotatable bonds is 4. The maximum Gasteiger partial charge on any atom is 0.316 e. The van der Waals surface area contributed by atoms with E-state index in [0.29, 0.717) is 0 Å². The van der Waals surface area contributed by atoms with Crippen LogP contribution in [0, 0.1) is 13.8 Å². The lowest BCUT2D eigenvalue weighted by Crippen LogP contribution is -2.22. The Balaban J connectivity index is 2.58. The molecule has 0 spiro atoms. The SMILES string of the molecule is Cc1cc(C)nc(OC[C@@H](O)CO)n1. The number of aryl methyl sites for hydroxylation is 2. The lowest BCUT2D eigenvalue weighted by atomic mass is 10.4. The normalized spacial score (nSPS) is 12.6. The van der Waals surface area contributed by atoms with Crippen molar-refractivity contribution in [3.63, 3.8) is 0 Å². The summed E-state index contributed by atoms with van der Waals surface area (Å²) in [7, 11) is 0. The van der Waals surface area contributed by atoms with Gasteiger partial charge in [-0.3, -0.25) is 0 Å². The summed E-state index contributed by atoms with van der Waals surface area (Å²) in [5, 5.41) is 17.6. The Hall–Kier alpha value is -1.20. The molecule has 0 radical (unpaired) electrons. The third kappa shape index (κ3) is 3.27. The van der Waals surface area contributed by atoms with Crippen molar-refractivity contribution in [1.29, 1.82) is 0 Å². The zero-order chi connectivity index (χ0) is 10.6. The van der Waals surface area contributed by atoms with Crippen molar-refractivity contribution in [1.82, 2.24) is 9.97 Å². The molecule has 0 fully saturated rings. The number of hydrogen-bond acceptors (Lipinski definition) is 5. The summed E-state index contributed by atoms with van der Waals surface area (Å²) in [6.07, 6.45) is -0.889. The van der Waals surface area contributed by atoms with Crippen LogP contribution < -0.4 is 4.74 Å². The fraction of sp³-hybridized carbons (Fsp3) is 0.556. The zero-order valence-electron chi connectivity index (χ0n) is 8.27. The van der Waals surface area contributed by atoms with Crippen LogP contribution in [0.15, 0.2) is 6.07 Å². The Kier molecular flexibility index (Phi) is 3.79. The van der Waals surface area contributed by atoms with Crippen LogP contribution in [0.1, 0.15) is 11.4 Å². The summed E-state index contributed by atoms with van der Waals surface area (Å²) in [6, 6.07) is 2.06. The summed E-state index contributed by atoms with van der Waals surface area (Å²) in [5.41, 5.74) is 1.62. The first-order chi connectivity index (χ1) is 6.61. The quantitative estimate of drug-likeness (QED) is 0.702. The van der Waals surface area contributed by atoms with Crippen molar-refractivity contribution in [2.75, 3.05) is 13.2 Å². The van der Waals surface area contributed by atoms with Gasteiger partial charge in [0.2, 0.25) is 0 Å². The van der Waals surface area contributed by atoms with E-state index in [0.717, 1.165) is 11.4 Å². The molecule has 5 heteroatoms. The van der Waals surface area contributed by atoms with Gasteiger partial charge in [-0.1, -0.05) is 0 Å². The fourth-order valence-corrected chi connectivity index (χ4v) is 0.982. The Morgan fingerprint density at radius 3 is 2.43 bits per heavy atom. The average Bonchev–Trinajstić information content (AvgIpc) is 2.12. The summed E-state index contributed by atoms with van der Waals surface area (Å²) in [6.45, 7) is 3.35. The van der Waals surface area contributed by atoms with E-state index in [2.05, 4.69) is 9.97 Å². The van der Waals surface area contributed by atoms with Gasteiger partial charge in [0.1, 0.15) is 12.7 Å². The maximum atomic E-state index is 9.03. The molecule has 5 nitrogen and oxygen atoms in total. The van der Waals surface area contributed by atoms with E-state index in [1.165, 1.54) is 0 Å². The van der Waals surface area contributed by atoms with E-state index >= 15 is 0 Å². The molecule has 0 bridgehead atoms. The summed E-state index contributed by atoms with van der Waals surface area (Å²) < 4.78 is 5.09. The van der Waals surface area contributed by atoms with Crippen LogP contribution >= 0.6 is 0 Å². The molecule has 2 N–H and O–H groups in total. The van der Waals surface area contributed by atoms with Gasteiger partial charge in [0.15, 0.2) is 0 Å². The Labute approximate surface area is 82.4 Å². The Morgan fingerprint density at radius 1 is 1.36 bits per heavy atom. The average molecular weight is 198 g/mol. The van der Waals surface area contributed by atoms with Crippen LogP contribution in [0.25, 0.3) is 0 Å². The Morgan fingerprint density at radius 2 is 1.93 bits per heavy atom. The van der Waals surface area contributed by atoms with Crippen molar-refractivity contribution in [3.05, 3.63) is 17.5 Å². The van der Waals surface area contributed by atoms with Gasteiger partial charge >= 0.3 is 6.01 Å². The van der Waals surface area contributed by atoms with Gasteiger partial charge in [0.05, 0.1) is 6.61 Å². The molecule has 1 atom stereocenters. The molecule has 0 saturated carbocycles. The molecule has 0 aromatic carbocycles. The van der Waals surface area contributed by atoms with Crippen LogP contribution in [0.4, 0.5) is 0 Å². The fourth-order valence-electron chi connectivity index (χ4n) is 0.982. The standard InChI is InChI=1S/C9H14N2O3/c1-6-3-7(2)11-9(10-6)14-5-8(13)4-12/h3,8,12-13H,4-5H2,1-2H3/t8-/m0/s1. The number of hydrogen-bond donors (Lipinski definition) is 2. The molecule has 0 aliphatic rings. The van der Waals surface area contributed by atoms with Gasteiger partial charge in [-0.15, -0.1) is 0 Å². The van der Waals surface area contributed by atoms with Crippen LogP contribution in [-0.4, -0.2) is 39.5 Å². The molecule has 1 aromatic rings. The van der Waals surface area contributed by atoms with Crippen LogP contribution in [0.3, 0.4) is 0 Å². The summed E-state index contributed by atoms with van der Waals surface area (Å²) in [4.78, 5) is 8.03. The second kappa shape index (κ2) is 4.88. The summed E-state index contributed by atoms with van der Waals surface area (Å²) >= 11 is 0. The number of ether oxygens (including phenoxy) is 1. The molecular weight excluding hydrogens is 184 g/mol. The minimum atomic E-state index is -0.889. The third-order valence-electron chi connectivity index (χ3n) is 1.58. The topological polar surface area (TPSA) is 75.5 Å². The molecule has 0 aliphatic carbocycles. The number of aromatic nitrogens is 2. The third-order valence-corrected chi connectivity index (χ3v) is 1.58. The monoisotopic (exact) mass is 198 g/mol. The van der Waals surface area contributed by atoms with Crippen molar-refractivity contribution in [3.8, 4) is 6.01 Å². The van der Waals surface area contributed by atoms with Gasteiger partial charge in [-0.25, -0.2) is 9.97 Å². The predicted octanol–water partition coefficient (Wildman–Crippen LogP) is -0.175. The van der Waals surface area contributed by atoms with E-state index in [1.54, 1.807) is 0 Å². The van der Waals surface area contributed by atoms with E-state index in [1.807, 2.05) is 19.9 Å². The highest BCUT2D eigenvalue weighted by molar-refractivity contribution is 5.10. The molecule has 0 unspecified atom stereocenters. The molecule has 0 saturated heterocycles. The first-order valence-corrected chi connectivity index (χ1v) is 4.36. The highest BCUT2D eigenvalue weighted by Gasteiger charge is 2.05. The lowest BCUT2D eigenvalue weighted by Gasteiger charge is -2.08. The highest BCUT2D eigenvalue weighted by Crippen LogP contribution is 2.05. The zero-order valence-corrected chi connectivity index (χ0v) is 8.27. The molecule has 1 rings (SSSR count). The molecule has 14 heavy (non-hydrogen) atoms. The minimum Gasteiger partial charge on any atom is -0.461 e. The van der Waals surface area contributed by atoms with Gasteiger partial charge in [-0.2, -0.15) is 0 Å². The Bertz CT molecular complexity index is 284. The predicted molar refractivity (Wildman–Crippen MR) is 50.1 cm³/mol. The van der Waals surface area contributed by atoms with E-state index in [9.17, 15) is 0 Å². The molecule has 0 aliphatic heterocycles. The van der Waals surface area contributed by atoms with Crippen molar-refractivity contribution >= 4 is 0 Å². The van der Waals surface area contributed by atoms with Crippen LogP contribution in [-0.2, 0) is 0 Å². The lowest BCUT2D eigenvalue weighted by molar-refractivity contribution is 0.0503. The van der Waals surface area contributed by atoms with Gasteiger partial charge in [-0.05, 0) is 19.9 Å². The van der Waals surface area contributed by atoms with Crippen molar-refractivity contribution in [2.45, 2.75) is 20.0 Å². The van der Waals surface area contributed by atoms with Gasteiger partial charge in [0.25, 0.3) is 0 Å². The second-order valence-corrected chi connectivity index (χ2v) is 3.08. The summed E-state index contributed by atoms with van der Waals surface area (Å²) in [5.74, 6) is 0. The maximum absolute atomic E-state index is 9.03. The number of nitrogens with zero attached hydrogens (tertiary/aromatic N) is 2. The molecular formula is C9H14N2O3. The molecule has 78 valence electrons. The molecule has 1 heterocycles. The largest absolute Gasteiger partial charge is 0.461 e.